The molecule has 0 spiro atoms. The topological polar surface area (TPSA) is 84.2 Å². The van der Waals surface area contributed by atoms with Crippen molar-refractivity contribution in [3.8, 4) is 0 Å². The molecular weight excluding hydrogens is 261 g/mol. The minimum absolute atomic E-state index is 0.0226. The third-order valence-electron chi connectivity index (χ3n) is 3.31. The number of nitrogens with one attached hydrogen (secondary N) is 2. The van der Waals surface area contributed by atoms with Crippen molar-refractivity contribution >= 4 is 23.2 Å². The summed E-state index contributed by atoms with van der Waals surface area (Å²) in [5, 5.41) is 5.05. The molecule has 2 amide bonds. The quantitative estimate of drug-likeness (QED) is 0.772. The molecule has 0 fully saturated rings. The third kappa shape index (κ3) is 3.77. The average molecular weight is 281 g/mol. The highest BCUT2D eigenvalue weighted by molar-refractivity contribution is 5.96. The number of carbonyl (C=O) groups excluding carboxylic acids is 2. The van der Waals surface area contributed by atoms with Gasteiger partial charge in [0.05, 0.1) is 11.1 Å². The number of amides is 2. The van der Waals surface area contributed by atoms with Gasteiger partial charge in [0, 0.05) is 19.2 Å². The zero-order chi connectivity index (χ0) is 15.3. The summed E-state index contributed by atoms with van der Waals surface area (Å²) in [7, 11) is 0. The van der Waals surface area contributed by atoms with E-state index in [9.17, 15) is 14.0 Å². The van der Waals surface area contributed by atoms with E-state index < -0.39 is 11.2 Å². The van der Waals surface area contributed by atoms with Crippen LogP contribution in [-0.4, -0.2) is 18.4 Å². The van der Waals surface area contributed by atoms with Crippen LogP contribution >= 0.6 is 0 Å². The molecule has 20 heavy (non-hydrogen) atoms. The first-order chi connectivity index (χ1) is 9.32. The lowest BCUT2D eigenvalue weighted by Gasteiger charge is -2.25. The number of benzene rings is 1. The Morgan fingerprint density at radius 1 is 1.35 bits per heavy atom. The van der Waals surface area contributed by atoms with Gasteiger partial charge >= 0.3 is 0 Å². The molecule has 110 valence electrons. The monoisotopic (exact) mass is 281 g/mol. The number of halogens is 1. The van der Waals surface area contributed by atoms with E-state index in [1.165, 1.54) is 25.1 Å². The molecule has 1 atom stereocenters. The highest BCUT2D eigenvalue weighted by atomic mass is 19.1. The lowest BCUT2D eigenvalue weighted by molar-refractivity contribution is -0.124. The molecule has 0 saturated carbocycles. The lowest BCUT2D eigenvalue weighted by Crippen LogP contribution is -2.39. The number of nitrogens with two attached hydrogens (primary N) is 1. The number of hydrogen-bond donors (Lipinski definition) is 3. The van der Waals surface area contributed by atoms with Gasteiger partial charge < -0.3 is 16.4 Å². The molecule has 1 rings (SSSR count). The Hall–Kier alpha value is -1.95. The SMILES string of the molecule is CCC(C)(CN)C(=O)Nc1cc(NC(C)=O)ccc1F. The summed E-state index contributed by atoms with van der Waals surface area (Å²) in [6.45, 7) is 5.08. The Labute approximate surface area is 117 Å². The van der Waals surface area contributed by atoms with Gasteiger partial charge in [0.15, 0.2) is 0 Å². The molecule has 0 aliphatic carbocycles. The van der Waals surface area contributed by atoms with Gasteiger partial charge in [0.25, 0.3) is 0 Å². The fourth-order valence-corrected chi connectivity index (χ4v) is 1.57. The number of rotatable bonds is 5. The third-order valence-corrected chi connectivity index (χ3v) is 3.31. The van der Waals surface area contributed by atoms with Gasteiger partial charge in [-0.25, -0.2) is 4.39 Å². The van der Waals surface area contributed by atoms with Gasteiger partial charge in [0.2, 0.25) is 11.8 Å². The maximum atomic E-state index is 13.7. The van der Waals surface area contributed by atoms with Crippen molar-refractivity contribution in [3.05, 3.63) is 24.0 Å². The maximum absolute atomic E-state index is 13.7. The first-order valence-electron chi connectivity index (χ1n) is 6.41. The molecule has 0 aromatic heterocycles. The predicted molar refractivity (Wildman–Crippen MR) is 76.8 cm³/mol. The Bertz CT molecular complexity index is 513. The number of hydrogen-bond acceptors (Lipinski definition) is 3. The summed E-state index contributed by atoms with van der Waals surface area (Å²) < 4.78 is 13.7. The molecule has 0 radical (unpaired) electrons. The Kier molecular flexibility index (Phi) is 5.21. The standard InChI is InChI=1S/C14H20FN3O2/c1-4-14(3,8-16)13(20)18-12-7-10(17-9(2)19)5-6-11(12)15/h5-7H,4,8,16H2,1-3H3,(H,17,19)(H,18,20). The normalized spacial score (nSPS) is 13.4. The van der Waals surface area contributed by atoms with E-state index in [0.717, 1.165) is 0 Å². The van der Waals surface area contributed by atoms with Crippen LogP contribution in [-0.2, 0) is 9.59 Å². The van der Waals surface area contributed by atoms with Crippen LogP contribution in [0.4, 0.5) is 15.8 Å². The molecule has 1 aromatic rings. The largest absolute Gasteiger partial charge is 0.329 e. The van der Waals surface area contributed by atoms with Crippen LogP contribution in [0.3, 0.4) is 0 Å². The molecule has 0 bridgehead atoms. The van der Waals surface area contributed by atoms with Crippen molar-refractivity contribution in [2.24, 2.45) is 11.1 Å². The lowest BCUT2D eigenvalue weighted by atomic mass is 9.86. The molecule has 6 heteroatoms. The van der Waals surface area contributed by atoms with E-state index in [1.54, 1.807) is 6.92 Å². The van der Waals surface area contributed by atoms with Gasteiger partial charge in [-0.1, -0.05) is 6.92 Å². The predicted octanol–water partition coefficient (Wildman–Crippen LogP) is 2.10. The first-order valence-corrected chi connectivity index (χ1v) is 6.41. The summed E-state index contributed by atoms with van der Waals surface area (Å²) in [6.07, 6.45) is 0.544. The van der Waals surface area contributed by atoms with E-state index in [0.29, 0.717) is 12.1 Å². The second-order valence-corrected chi connectivity index (χ2v) is 4.95. The summed E-state index contributed by atoms with van der Waals surface area (Å²) in [4.78, 5) is 23.1. The van der Waals surface area contributed by atoms with E-state index in [2.05, 4.69) is 10.6 Å². The van der Waals surface area contributed by atoms with Crippen LogP contribution in [0, 0.1) is 11.2 Å². The van der Waals surface area contributed by atoms with Crippen LogP contribution in [0.2, 0.25) is 0 Å². The molecule has 5 nitrogen and oxygen atoms in total. The summed E-state index contributed by atoms with van der Waals surface area (Å²) in [5.41, 5.74) is 5.28. The van der Waals surface area contributed by atoms with Crippen molar-refractivity contribution in [2.75, 3.05) is 17.2 Å². The zero-order valence-corrected chi connectivity index (χ0v) is 11.9. The summed E-state index contributed by atoms with van der Waals surface area (Å²) in [5.74, 6) is -1.18. The fraction of sp³-hybridized carbons (Fsp3) is 0.429. The van der Waals surface area contributed by atoms with Crippen molar-refractivity contribution in [1.82, 2.24) is 0 Å². The molecule has 1 unspecified atom stereocenters. The molecule has 1 aromatic carbocycles. The average Bonchev–Trinajstić information content (AvgIpc) is 2.40. The van der Waals surface area contributed by atoms with E-state index >= 15 is 0 Å². The molecule has 0 aliphatic rings. The fourth-order valence-electron chi connectivity index (χ4n) is 1.57. The van der Waals surface area contributed by atoms with Crippen molar-refractivity contribution in [3.63, 3.8) is 0 Å². The van der Waals surface area contributed by atoms with E-state index in [4.69, 9.17) is 5.73 Å². The van der Waals surface area contributed by atoms with Crippen molar-refractivity contribution in [2.45, 2.75) is 27.2 Å². The molecule has 0 heterocycles. The minimum atomic E-state index is -0.754. The second kappa shape index (κ2) is 6.47. The van der Waals surface area contributed by atoms with Gasteiger partial charge in [-0.3, -0.25) is 9.59 Å². The van der Waals surface area contributed by atoms with Gasteiger partial charge in [-0.15, -0.1) is 0 Å². The van der Waals surface area contributed by atoms with E-state index in [-0.39, 0.29) is 24.0 Å². The first kappa shape index (κ1) is 16.1. The smallest absolute Gasteiger partial charge is 0.231 e. The highest BCUT2D eigenvalue weighted by Crippen LogP contribution is 2.25. The molecule has 0 saturated heterocycles. The zero-order valence-electron chi connectivity index (χ0n) is 11.9. The Morgan fingerprint density at radius 3 is 2.50 bits per heavy atom. The Balaban J connectivity index is 2.96. The molecule has 4 N–H and O–H groups in total. The van der Waals surface area contributed by atoms with Crippen LogP contribution in [0.1, 0.15) is 27.2 Å². The van der Waals surface area contributed by atoms with E-state index in [1.807, 2.05) is 6.92 Å². The number of carbonyl (C=O) groups is 2. The maximum Gasteiger partial charge on any atom is 0.231 e. The molecular formula is C14H20FN3O2. The Morgan fingerprint density at radius 2 is 2.00 bits per heavy atom. The van der Waals surface area contributed by atoms with Crippen LogP contribution in [0.5, 0.6) is 0 Å². The van der Waals surface area contributed by atoms with Crippen molar-refractivity contribution in [1.29, 1.82) is 0 Å². The summed E-state index contributed by atoms with van der Waals surface area (Å²) in [6, 6.07) is 3.99. The second-order valence-electron chi connectivity index (χ2n) is 4.95. The van der Waals surface area contributed by atoms with Gasteiger partial charge in [-0.05, 0) is 31.5 Å². The molecule has 0 aliphatic heterocycles. The van der Waals surface area contributed by atoms with Gasteiger partial charge in [-0.2, -0.15) is 0 Å². The number of anilines is 2. The highest BCUT2D eigenvalue weighted by Gasteiger charge is 2.30. The summed E-state index contributed by atoms with van der Waals surface area (Å²) >= 11 is 0. The van der Waals surface area contributed by atoms with Crippen LogP contribution in [0.25, 0.3) is 0 Å². The van der Waals surface area contributed by atoms with Gasteiger partial charge in [0.1, 0.15) is 5.82 Å². The van der Waals surface area contributed by atoms with Crippen LogP contribution < -0.4 is 16.4 Å². The minimum Gasteiger partial charge on any atom is -0.329 e. The van der Waals surface area contributed by atoms with Crippen LogP contribution in [0.15, 0.2) is 18.2 Å². The van der Waals surface area contributed by atoms with Crippen molar-refractivity contribution < 1.29 is 14.0 Å².